The van der Waals surface area contributed by atoms with E-state index in [0.29, 0.717) is 45.3 Å². The summed E-state index contributed by atoms with van der Waals surface area (Å²) in [4.78, 5) is 36.0. The number of aromatic nitrogens is 5. The fourth-order valence-corrected chi connectivity index (χ4v) is 5.56. The highest BCUT2D eigenvalue weighted by molar-refractivity contribution is 6.00. The molecule has 3 aromatic heterocycles. The summed E-state index contributed by atoms with van der Waals surface area (Å²) in [5.74, 6) is -0.275. The maximum Gasteiger partial charge on any atom is 0.324 e. The number of carbonyl (C=O) groups is 1. The van der Waals surface area contributed by atoms with E-state index in [2.05, 4.69) is 31.0 Å². The van der Waals surface area contributed by atoms with Crippen LogP contribution in [0.25, 0.3) is 27.8 Å². The summed E-state index contributed by atoms with van der Waals surface area (Å²) in [6.07, 6.45) is 5.42. The summed E-state index contributed by atoms with van der Waals surface area (Å²) in [6.45, 7) is 3.92. The maximum absolute atomic E-state index is 15.0. The molecular formula is C32H32F2N8O2. The van der Waals surface area contributed by atoms with E-state index in [9.17, 15) is 14.0 Å². The molecule has 0 aliphatic heterocycles. The average Bonchev–Trinajstić information content (AvgIpc) is 3.69. The predicted octanol–water partition coefficient (Wildman–Crippen LogP) is 6.85. The lowest BCUT2D eigenvalue weighted by Gasteiger charge is -2.18. The summed E-state index contributed by atoms with van der Waals surface area (Å²) in [5.41, 5.74) is 2.24. The molecule has 1 aliphatic rings. The molecule has 0 spiro atoms. The van der Waals surface area contributed by atoms with Crippen molar-refractivity contribution in [2.24, 2.45) is 0 Å². The largest absolute Gasteiger partial charge is 0.357 e. The third-order valence-electron chi connectivity index (χ3n) is 7.84. The molecule has 3 N–H and O–H groups in total. The zero-order valence-electron chi connectivity index (χ0n) is 24.6. The van der Waals surface area contributed by atoms with Crippen LogP contribution >= 0.6 is 0 Å². The molecule has 5 aromatic rings. The molecule has 10 nitrogen and oxygen atoms in total. The van der Waals surface area contributed by atoms with Crippen molar-refractivity contribution in [1.82, 2.24) is 24.3 Å². The minimum absolute atomic E-state index is 0.00457. The summed E-state index contributed by atoms with van der Waals surface area (Å²) in [6, 6.07) is 12.6. The van der Waals surface area contributed by atoms with E-state index in [1.165, 1.54) is 35.0 Å². The first kappa shape index (κ1) is 29.0. The molecule has 2 amide bonds. The Morgan fingerprint density at radius 2 is 1.75 bits per heavy atom. The normalized spacial score (nSPS) is 13.5. The molecule has 1 saturated carbocycles. The van der Waals surface area contributed by atoms with Crippen LogP contribution in [0.4, 0.5) is 31.0 Å². The van der Waals surface area contributed by atoms with Crippen molar-refractivity contribution in [3.63, 3.8) is 0 Å². The van der Waals surface area contributed by atoms with Gasteiger partial charge in [0.2, 0.25) is 5.95 Å². The number of nitrogens with one attached hydrogen (secondary N) is 3. The van der Waals surface area contributed by atoms with Gasteiger partial charge in [-0.15, -0.1) is 0 Å². The van der Waals surface area contributed by atoms with Crippen LogP contribution < -0.4 is 21.5 Å². The van der Waals surface area contributed by atoms with Crippen molar-refractivity contribution in [3.8, 4) is 16.8 Å². The lowest BCUT2D eigenvalue weighted by Crippen LogP contribution is -2.26. The lowest BCUT2D eigenvalue weighted by molar-refractivity contribution is 0.262. The van der Waals surface area contributed by atoms with Gasteiger partial charge in [0, 0.05) is 36.3 Å². The van der Waals surface area contributed by atoms with Crippen LogP contribution in [-0.4, -0.2) is 37.4 Å². The molecule has 0 atom stereocenters. The van der Waals surface area contributed by atoms with Crippen molar-refractivity contribution in [3.05, 3.63) is 88.5 Å². The molecule has 1 fully saturated rings. The van der Waals surface area contributed by atoms with Gasteiger partial charge in [0.25, 0.3) is 5.56 Å². The molecule has 3 heterocycles. The highest BCUT2D eigenvalue weighted by atomic mass is 19.1. The van der Waals surface area contributed by atoms with Crippen LogP contribution in [0.1, 0.15) is 57.2 Å². The zero-order valence-corrected chi connectivity index (χ0v) is 24.6. The van der Waals surface area contributed by atoms with Crippen LogP contribution in [0.2, 0.25) is 0 Å². The third-order valence-corrected chi connectivity index (χ3v) is 7.84. The molecule has 1 aliphatic carbocycles. The number of amides is 2. The first-order valence-corrected chi connectivity index (χ1v) is 14.6. The van der Waals surface area contributed by atoms with Crippen molar-refractivity contribution in [2.75, 3.05) is 23.0 Å². The molecule has 0 unspecified atom stereocenters. The highest BCUT2D eigenvalue weighted by Crippen LogP contribution is 2.33. The van der Waals surface area contributed by atoms with E-state index >= 15 is 4.39 Å². The monoisotopic (exact) mass is 598 g/mol. The minimum Gasteiger partial charge on any atom is -0.357 e. The number of hydrogen-bond donors (Lipinski definition) is 3. The Kier molecular flexibility index (Phi) is 7.81. The number of urea groups is 1. The second-order valence-corrected chi connectivity index (χ2v) is 11.2. The van der Waals surface area contributed by atoms with Gasteiger partial charge in [0.15, 0.2) is 0 Å². The van der Waals surface area contributed by atoms with Gasteiger partial charge in [0.05, 0.1) is 17.1 Å². The van der Waals surface area contributed by atoms with Gasteiger partial charge in [-0.1, -0.05) is 32.8 Å². The Morgan fingerprint density at radius 3 is 2.45 bits per heavy atom. The van der Waals surface area contributed by atoms with Gasteiger partial charge in [-0.3, -0.25) is 14.7 Å². The number of halogens is 2. The van der Waals surface area contributed by atoms with Gasteiger partial charge in [0.1, 0.15) is 23.1 Å². The number of hydrogen-bond acceptors (Lipinski definition) is 6. The Hall–Kier alpha value is -5.13. The lowest BCUT2D eigenvalue weighted by atomic mass is 10.0. The van der Waals surface area contributed by atoms with Crippen LogP contribution in [0.15, 0.2) is 65.6 Å². The predicted molar refractivity (Wildman–Crippen MR) is 166 cm³/mol. The highest BCUT2D eigenvalue weighted by Gasteiger charge is 2.24. The van der Waals surface area contributed by atoms with Crippen molar-refractivity contribution in [2.45, 2.75) is 51.5 Å². The Morgan fingerprint density at radius 1 is 1.00 bits per heavy atom. The number of fused-ring (bicyclic) bond motifs is 1. The number of rotatable bonds is 7. The maximum atomic E-state index is 15.0. The second kappa shape index (κ2) is 11.9. The van der Waals surface area contributed by atoms with Crippen LogP contribution in [0.5, 0.6) is 0 Å². The number of nitrogens with zero attached hydrogens (tertiary/aromatic N) is 5. The van der Waals surface area contributed by atoms with Gasteiger partial charge in [-0.05, 0) is 66.8 Å². The van der Waals surface area contributed by atoms with Crippen molar-refractivity contribution >= 4 is 34.5 Å². The SMILES string of the molecule is CNc1ncc2cc(-c3ccc(F)c(NC(=O)Nc4cc(C(C)C)nn4-c4ccc(F)cc4)c3)c(=O)n(C3CCCC3)c2n1. The molecule has 0 saturated heterocycles. The van der Waals surface area contributed by atoms with Crippen LogP contribution in [0, 0.1) is 11.6 Å². The first-order chi connectivity index (χ1) is 21.2. The van der Waals surface area contributed by atoms with Crippen molar-refractivity contribution in [1.29, 1.82) is 0 Å². The van der Waals surface area contributed by atoms with Gasteiger partial charge in [-0.2, -0.15) is 10.1 Å². The summed E-state index contributed by atoms with van der Waals surface area (Å²) < 4.78 is 31.8. The molecule has 0 radical (unpaired) electrons. The molecule has 12 heteroatoms. The first-order valence-electron chi connectivity index (χ1n) is 14.6. The fourth-order valence-electron chi connectivity index (χ4n) is 5.56. The van der Waals surface area contributed by atoms with Crippen LogP contribution in [0.3, 0.4) is 0 Å². The average molecular weight is 599 g/mol. The number of pyridine rings is 1. The molecule has 2 aromatic carbocycles. The third kappa shape index (κ3) is 5.62. The Labute approximate surface area is 252 Å². The topological polar surface area (TPSA) is 119 Å². The van der Waals surface area contributed by atoms with E-state index in [1.807, 2.05) is 13.8 Å². The molecule has 226 valence electrons. The fraction of sp³-hybridized carbons (Fsp3) is 0.281. The van der Waals surface area contributed by atoms with Gasteiger partial charge >= 0.3 is 6.03 Å². The van der Waals surface area contributed by atoms with E-state index in [0.717, 1.165) is 25.7 Å². The quantitative estimate of drug-likeness (QED) is 0.189. The number of anilines is 3. The van der Waals surface area contributed by atoms with E-state index in [4.69, 9.17) is 0 Å². The van der Waals surface area contributed by atoms with Gasteiger partial charge < -0.3 is 10.6 Å². The summed E-state index contributed by atoms with van der Waals surface area (Å²) in [7, 11) is 1.72. The summed E-state index contributed by atoms with van der Waals surface area (Å²) >= 11 is 0. The second-order valence-electron chi connectivity index (χ2n) is 11.2. The van der Waals surface area contributed by atoms with Gasteiger partial charge in [-0.25, -0.2) is 23.2 Å². The molecule has 44 heavy (non-hydrogen) atoms. The molecule has 0 bridgehead atoms. The van der Waals surface area contributed by atoms with Crippen LogP contribution in [-0.2, 0) is 0 Å². The zero-order chi connectivity index (χ0) is 31.0. The van der Waals surface area contributed by atoms with E-state index < -0.39 is 17.7 Å². The van der Waals surface area contributed by atoms with Crippen molar-refractivity contribution < 1.29 is 13.6 Å². The minimum atomic E-state index is -0.713. The number of carbonyl (C=O) groups excluding carboxylic acids is 1. The number of benzene rings is 2. The molecule has 6 rings (SSSR count). The standard InChI is InChI=1S/C32H32F2N8O2/c1-18(2)26-16-28(42(40-26)23-11-9-21(33)10-12-23)38-32(44)37-27-15-19(8-13-25(27)34)24-14-20-17-36-31(35-3)39-29(20)41(30(24)43)22-6-4-5-7-22/h8-18,22H,4-7H2,1-3H3,(H,35,36,39)(H2,37,38,44). The van der Waals surface area contributed by atoms with E-state index in [1.54, 1.807) is 42.1 Å². The van der Waals surface area contributed by atoms with E-state index in [-0.39, 0.29) is 23.2 Å². The Bertz CT molecular complexity index is 1910. The smallest absolute Gasteiger partial charge is 0.324 e. The Balaban J connectivity index is 1.34. The summed E-state index contributed by atoms with van der Waals surface area (Å²) in [5, 5.41) is 13.5. The molecular weight excluding hydrogens is 566 g/mol.